The first-order valence-electron chi connectivity index (χ1n) is 4.95. The summed E-state index contributed by atoms with van der Waals surface area (Å²) in [6, 6.07) is 3.85. The molecule has 0 saturated carbocycles. The summed E-state index contributed by atoms with van der Waals surface area (Å²) in [6.45, 7) is 4.75. The second-order valence-electron chi connectivity index (χ2n) is 3.33. The molecule has 1 aromatic heterocycles. The number of ether oxygens (including phenoxy) is 1. The van der Waals surface area contributed by atoms with Crippen LogP contribution in [0.4, 0.5) is 0 Å². The lowest BCUT2D eigenvalue weighted by Crippen LogP contribution is -2.36. The molecule has 1 aliphatic heterocycles. The van der Waals surface area contributed by atoms with Crippen LogP contribution < -0.4 is 0 Å². The largest absolute Gasteiger partial charge is 0.465 e. The summed E-state index contributed by atoms with van der Waals surface area (Å²) in [5.74, 6) is 0.915. The van der Waals surface area contributed by atoms with Crippen molar-refractivity contribution in [3.63, 3.8) is 0 Å². The van der Waals surface area contributed by atoms with Gasteiger partial charge < -0.3 is 9.15 Å². The SMILES string of the molecule is C(=C\c1ccco1)/CN1CCOCC1. The minimum atomic E-state index is 0.856. The van der Waals surface area contributed by atoms with Gasteiger partial charge >= 0.3 is 0 Å². The lowest BCUT2D eigenvalue weighted by atomic mass is 10.3. The third kappa shape index (κ3) is 2.72. The molecule has 3 nitrogen and oxygen atoms in total. The molecule has 76 valence electrons. The average Bonchev–Trinajstić information content (AvgIpc) is 2.72. The molecule has 1 aliphatic rings. The molecule has 3 heteroatoms. The van der Waals surface area contributed by atoms with E-state index in [2.05, 4.69) is 11.0 Å². The van der Waals surface area contributed by atoms with Crippen LogP contribution in [-0.2, 0) is 4.74 Å². The second-order valence-corrected chi connectivity index (χ2v) is 3.33. The van der Waals surface area contributed by atoms with Crippen LogP contribution in [0.5, 0.6) is 0 Å². The van der Waals surface area contributed by atoms with Crippen LogP contribution in [0.2, 0.25) is 0 Å². The van der Waals surface area contributed by atoms with Gasteiger partial charge in [-0.05, 0) is 18.2 Å². The molecule has 1 fully saturated rings. The molecule has 0 atom stereocenters. The van der Waals surface area contributed by atoms with Gasteiger partial charge in [0.25, 0.3) is 0 Å². The number of morpholine rings is 1. The van der Waals surface area contributed by atoms with Crippen LogP contribution in [0, 0.1) is 0 Å². The maximum atomic E-state index is 5.27. The Morgan fingerprint density at radius 2 is 2.21 bits per heavy atom. The smallest absolute Gasteiger partial charge is 0.126 e. The molecule has 1 aromatic rings. The van der Waals surface area contributed by atoms with Crippen molar-refractivity contribution in [2.24, 2.45) is 0 Å². The molecule has 14 heavy (non-hydrogen) atoms. The molecule has 0 N–H and O–H groups in total. The van der Waals surface area contributed by atoms with Crippen LogP contribution in [0.25, 0.3) is 6.08 Å². The lowest BCUT2D eigenvalue weighted by Gasteiger charge is -2.24. The molecule has 0 amide bonds. The fraction of sp³-hybridized carbons (Fsp3) is 0.455. The summed E-state index contributed by atoms with van der Waals surface area (Å²) >= 11 is 0. The fourth-order valence-electron chi connectivity index (χ4n) is 1.49. The Morgan fingerprint density at radius 3 is 2.93 bits per heavy atom. The first-order valence-corrected chi connectivity index (χ1v) is 4.95. The number of hydrogen-bond acceptors (Lipinski definition) is 3. The Kier molecular flexibility index (Phi) is 3.38. The Bertz CT molecular complexity index is 273. The van der Waals surface area contributed by atoms with E-state index >= 15 is 0 Å². The van der Waals surface area contributed by atoms with Gasteiger partial charge in [0, 0.05) is 19.6 Å². The highest BCUT2D eigenvalue weighted by Gasteiger charge is 2.07. The van der Waals surface area contributed by atoms with Crippen LogP contribution in [0.15, 0.2) is 28.9 Å². The maximum Gasteiger partial charge on any atom is 0.126 e. The number of nitrogens with zero attached hydrogens (tertiary/aromatic N) is 1. The van der Waals surface area contributed by atoms with E-state index in [1.807, 2.05) is 18.2 Å². The monoisotopic (exact) mass is 193 g/mol. The second kappa shape index (κ2) is 4.98. The highest BCUT2D eigenvalue weighted by atomic mass is 16.5. The van der Waals surface area contributed by atoms with E-state index in [9.17, 15) is 0 Å². The number of furan rings is 1. The molecule has 2 rings (SSSR count). The summed E-state index contributed by atoms with van der Waals surface area (Å²) in [6.07, 6.45) is 5.83. The first-order chi connectivity index (χ1) is 6.95. The molecule has 1 saturated heterocycles. The van der Waals surface area contributed by atoms with Gasteiger partial charge in [-0.3, -0.25) is 4.90 Å². The van der Waals surface area contributed by atoms with Crippen molar-refractivity contribution >= 4 is 6.08 Å². The molecule has 0 spiro atoms. The summed E-state index contributed by atoms with van der Waals surface area (Å²) < 4.78 is 10.5. The van der Waals surface area contributed by atoms with Gasteiger partial charge in [-0.2, -0.15) is 0 Å². The van der Waals surface area contributed by atoms with Crippen LogP contribution >= 0.6 is 0 Å². The zero-order chi connectivity index (χ0) is 9.64. The van der Waals surface area contributed by atoms with Crippen LogP contribution in [0.1, 0.15) is 5.76 Å². The Morgan fingerprint density at radius 1 is 1.36 bits per heavy atom. The van der Waals surface area contributed by atoms with Gasteiger partial charge in [-0.1, -0.05) is 6.08 Å². The molecule has 0 unspecified atom stereocenters. The summed E-state index contributed by atoms with van der Waals surface area (Å²) in [7, 11) is 0. The quantitative estimate of drug-likeness (QED) is 0.729. The van der Waals surface area contributed by atoms with E-state index in [0.717, 1.165) is 38.6 Å². The molecule has 0 aliphatic carbocycles. The molecule has 2 heterocycles. The minimum Gasteiger partial charge on any atom is -0.465 e. The normalized spacial score (nSPS) is 19.1. The minimum absolute atomic E-state index is 0.856. The Balaban J connectivity index is 1.76. The standard InChI is InChI=1S/C11H15NO2/c1(3-11-4-2-8-14-11)5-12-6-9-13-10-7-12/h1-4,8H,5-7,9-10H2/b3-1+. The fourth-order valence-corrected chi connectivity index (χ4v) is 1.49. The third-order valence-electron chi connectivity index (χ3n) is 2.29. The van der Waals surface area contributed by atoms with E-state index in [-0.39, 0.29) is 0 Å². The molecule has 0 aromatic carbocycles. The van der Waals surface area contributed by atoms with E-state index in [4.69, 9.17) is 9.15 Å². The van der Waals surface area contributed by atoms with E-state index in [1.165, 1.54) is 0 Å². The Labute approximate surface area is 84.0 Å². The van der Waals surface area contributed by atoms with E-state index < -0.39 is 0 Å². The van der Waals surface area contributed by atoms with Gasteiger partial charge in [0.1, 0.15) is 5.76 Å². The summed E-state index contributed by atoms with van der Waals surface area (Å²) in [5.41, 5.74) is 0. The predicted octanol–water partition coefficient (Wildman–Crippen LogP) is 1.62. The number of rotatable bonds is 3. The highest BCUT2D eigenvalue weighted by molar-refractivity contribution is 5.42. The number of hydrogen-bond donors (Lipinski definition) is 0. The van der Waals surface area contributed by atoms with Crippen molar-refractivity contribution in [2.45, 2.75) is 0 Å². The highest BCUT2D eigenvalue weighted by Crippen LogP contribution is 2.03. The summed E-state index contributed by atoms with van der Waals surface area (Å²) in [5, 5.41) is 0. The maximum absolute atomic E-state index is 5.27. The van der Waals surface area contributed by atoms with Crippen LogP contribution in [-0.4, -0.2) is 37.7 Å². The predicted molar refractivity (Wildman–Crippen MR) is 55.0 cm³/mol. The summed E-state index contributed by atoms with van der Waals surface area (Å²) in [4.78, 5) is 2.36. The zero-order valence-electron chi connectivity index (χ0n) is 8.19. The van der Waals surface area contributed by atoms with Crippen molar-refractivity contribution in [1.82, 2.24) is 4.90 Å². The van der Waals surface area contributed by atoms with Gasteiger partial charge in [0.15, 0.2) is 0 Å². The Hall–Kier alpha value is -1.06. The van der Waals surface area contributed by atoms with Crippen molar-refractivity contribution in [1.29, 1.82) is 0 Å². The molecular weight excluding hydrogens is 178 g/mol. The van der Waals surface area contributed by atoms with E-state index in [0.29, 0.717) is 0 Å². The lowest BCUT2D eigenvalue weighted by molar-refractivity contribution is 0.0435. The molecule has 0 radical (unpaired) electrons. The van der Waals surface area contributed by atoms with E-state index in [1.54, 1.807) is 6.26 Å². The van der Waals surface area contributed by atoms with Crippen molar-refractivity contribution in [3.8, 4) is 0 Å². The van der Waals surface area contributed by atoms with Crippen molar-refractivity contribution in [3.05, 3.63) is 30.2 Å². The van der Waals surface area contributed by atoms with Gasteiger partial charge in [-0.25, -0.2) is 0 Å². The first kappa shape index (κ1) is 9.49. The van der Waals surface area contributed by atoms with Crippen LogP contribution in [0.3, 0.4) is 0 Å². The van der Waals surface area contributed by atoms with Gasteiger partial charge in [-0.15, -0.1) is 0 Å². The molecule has 0 bridgehead atoms. The van der Waals surface area contributed by atoms with Gasteiger partial charge in [0.2, 0.25) is 0 Å². The average molecular weight is 193 g/mol. The van der Waals surface area contributed by atoms with Crippen molar-refractivity contribution < 1.29 is 9.15 Å². The van der Waals surface area contributed by atoms with Crippen molar-refractivity contribution in [2.75, 3.05) is 32.8 Å². The topological polar surface area (TPSA) is 25.6 Å². The zero-order valence-corrected chi connectivity index (χ0v) is 8.19. The molecular formula is C11H15NO2. The van der Waals surface area contributed by atoms with Gasteiger partial charge in [0.05, 0.1) is 19.5 Å². The third-order valence-corrected chi connectivity index (χ3v) is 2.29.